The van der Waals surface area contributed by atoms with Crippen LogP contribution in [0.5, 0.6) is 0 Å². The van der Waals surface area contributed by atoms with Gasteiger partial charge in [0.15, 0.2) is 0 Å². The molecule has 0 radical (unpaired) electrons. The van der Waals surface area contributed by atoms with Crippen LogP contribution in [0, 0.1) is 5.92 Å². The highest BCUT2D eigenvalue weighted by molar-refractivity contribution is 6.31. The van der Waals surface area contributed by atoms with E-state index in [2.05, 4.69) is 31.6 Å². The van der Waals surface area contributed by atoms with Gasteiger partial charge in [0.05, 0.1) is 12.1 Å². The van der Waals surface area contributed by atoms with Crippen LogP contribution in [-0.4, -0.2) is 59.8 Å². The fraction of sp³-hybridized carbons (Fsp3) is 0.382. The summed E-state index contributed by atoms with van der Waals surface area (Å²) in [6.45, 7) is 9.85. The summed E-state index contributed by atoms with van der Waals surface area (Å²) in [5.74, 6) is -1.44. The number of benzene rings is 2. The van der Waals surface area contributed by atoms with Crippen molar-refractivity contribution in [3.8, 4) is 0 Å². The fourth-order valence-electron chi connectivity index (χ4n) is 4.70. The zero-order valence-corrected chi connectivity index (χ0v) is 27.2. The number of nitrogens with one attached hydrogen (secondary N) is 5. The molecule has 0 saturated carbocycles. The molecule has 0 bridgehead atoms. The number of hydrogen-bond acceptors (Lipinski definition) is 6. The SMILES string of the molecule is CCNC(=O)[C@@H](NC(=O)[C@H](C)NC[C@H](Cc1ccccc1)NC(=O)c1cc(Cl)cc(C(=O)NC(C)c2cccnc2)c1)C(C)C. The highest BCUT2D eigenvalue weighted by Gasteiger charge is 2.26. The van der Waals surface area contributed by atoms with Gasteiger partial charge in [0.1, 0.15) is 6.04 Å². The standard InChI is InChI=1S/C34H43ClN6O4/c1-6-37-34(45)30(21(2)3)41-31(42)23(5)38-20-29(15-24-11-8-7-9-12-24)40-33(44)27-16-26(17-28(35)18-27)32(43)39-22(4)25-13-10-14-36-19-25/h7-14,16-19,21-23,29-30,38H,6,15,20H2,1-5H3,(H,37,45)(H,39,43)(H,40,44)(H,41,42)/t22?,23-,29-,30-/m0/s1. The lowest BCUT2D eigenvalue weighted by Crippen LogP contribution is -2.55. The van der Waals surface area contributed by atoms with Gasteiger partial charge in [-0.2, -0.15) is 0 Å². The minimum absolute atomic E-state index is 0.0963. The summed E-state index contributed by atoms with van der Waals surface area (Å²) >= 11 is 6.35. The molecule has 0 spiro atoms. The Hall–Kier alpha value is -4.28. The van der Waals surface area contributed by atoms with Crippen LogP contribution in [0.25, 0.3) is 0 Å². The van der Waals surface area contributed by atoms with Crippen LogP contribution in [0.3, 0.4) is 0 Å². The molecule has 0 aliphatic carbocycles. The van der Waals surface area contributed by atoms with Crippen LogP contribution in [-0.2, 0) is 16.0 Å². The van der Waals surface area contributed by atoms with Crippen LogP contribution in [0.1, 0.15) is 72.5 Å². The molecule has 2 aromatic carbocycles. The number of rotatable bonds is 15. The average molecular weight is 635 g/mol. The van der Waals surface area contributed by atoms with Gasteiger partial charge in [0, 0.05) is 47.7 Å². The van der Waals surface area contributed by atoms with Gasteiger partial charge in [-0.15, -0.1) is 0 Å². The molecule has 1 unspecified atom stereocenters. The van der Waals surface area contributed by atoms with Gasteiger partial charge in [-0.25, -0.2) is 0 Å². The fourth-order valence-corrected chi connectivity index (χ4v) is 4.93. The monoisotopic (exact) mass is 634 g/mol. The van der Waals surface area contributed by atoms with E-state index in [1.165, 1.54) is 18.2 Å². The Kier molecular flexibility index (Phi) is 13.5. The molecule has 0 aliphatic rings. The maximum atomic E-state index is 13.5. The number of halogens is 1. The van der Waals surface area contributed by atoms with E-state index in [-0.39, 0.29) is 52.4 Å². The lowest BCUT2D eigenvalue weighted by atomic mass is 10.0. The van der Waals surface area contributed by atoms with Crippen LogP contribution < -0.4 is 26.6 Å². The van der Waals surface area contributed by atoms with Crippen molar-refractivity contribution in [2.45, 2.75) is 65.2 Å². The van der Waals surface area contributed by atoms with E-state index in [1.807, 2.05) is 64.1 Å². The van der Waals surface area contributed by atoms with Gasteiger partial charge in [-0.05, 0) is 68.5 Å². The number of amides is 4. The van der Waals surface area contributed by atoms with Crippen molar-refractivity contribution < 1.29 is 19.2 Å². The van der Waals surface area contributed by atoms with Crippen molar-refractivity contribution in [1.82, 2.24) is 31.6 Å². The van der Waals surface area contributed by atoms with Gasteiger partial charge in [0.25, 0.3) is 11.8 Å². The third-order valence-corrected chi connectivity index (χ3v) is 7.49. The molecule has 0 saturated heterocycles. The largest absolute Gasteiger partial charge is 0.355 e. The Bertz CT molecular complexity index is 1440. The predicted molar refractivity (Wildman–Crippen MR) is 176 cm³/mol. The molecule has 240 valence electrons. The van der Waals surface area contributed by atoms with Gasteiger partial charge >= 0.3 is 0 Å². The minimum atomic E-state index is -0.664. The van der Waals surface area contributed by atoms with E-state index < -0.39 is 24.0 Å². The van der Waals surface area contributed by atoms with Crippen LogP contribution in [0.4, 0.5) is 0 Å². The van der Waals surface area contributed by atoms with E-state index in [9.17, 15) is 19.2 Å². The van der Waals surface area contributed by atoms with E-state index in [0.717, 1.165) is 11.1 Å². The van der Waals surface area contributed by atoms with Gasteiger partial charge in [-0.1, -0.05) is 61.8 Å². The third kappa shape index (κ3) is 11.0. The van der Waals surface area contributed by atoms with Crippen molar-refractivity contribution in [2.24, 2.45) is 5.92 Å². The second-order valence-corrected chi connectivity index (χ2v) is 11.8. The number of carbonyl (C=O) groups is 4. The van der Waals surface area contributed by atoms with Gasteiger partial charge in [0.2, 0.25) is 11.8 Å². The molecule has 4 atom stereocenters. The molecule has 10 nitrogen and oxygen atoms in total. The molecule has 1 aromatic heterocycles. The molecule has 1 heterocycles. The lowest BCUT2D eigenvalue weighted by Gasteiger charge is -2.25. The van der Waals surface area contributed by atoms with Crippen LogP contribution in [0.15, 0.2) is 73.1 Å². The first-order chi connectivity index (χ1) is 21.5. The number of aromatic nitrogens is 1. The number of likely N-dealkylation sites (N-methyl/N-ethyl adjacent to an activating group) is 1. The number of pyridine rings is 1. The van der Waals surface area contributed by atoms with Crippen molar-refractivity contribution in [1.29, 1.82) is 0 Å². The van der Waals surface area contributed by atoms with Crippen LogP contribution >= 0.6 is 11.6 Å². The molecule has 0 fully saturated rings. The Morgan fingerprint density at radius 2 is 1.49 bits per heavy atom. The lowest BCUT2D eigenvalue weighted by molar-refractivity contribution is -0.130. The molecule has 11 heteroatoms. The quantitative estimate of drug-likeness (QED) is 0.172. The normalized spacial score (nSPS) is 13.7. The van der Waals surface area contributed by atoms with Gasteiger partial charge in [-0.3, -0.25) is 24.2 Å². The van der Waals surface area contributed by atoms with E-state index in [1.54, 1.807) is 25.4 Å². The molecule has 3 rings (SSSR count). The molecule has 4 amide bonds. The second-order valence-electron chi connectivity index (χ2n) is 11.3. The Labute approximate surface area is 270 Å². The number of carbonyl (C=O) groups excluding carboxylic acids is 4. The maximum Gasteiger partial charge on any atom is 0.251 e. The summed E-state index contributed by atoms with van der Waals surface area (Å²) in [4.78, 5) is 56.1. The first-order valence-corrected chi connectivity index (χ1v) is 15.5. The first-order valence-electron chi connectivity index (χ1n) is 15.2. The number of hydrogen-bond donors (Lipinski definition) is 5. The molecule has 45 heavy (non-hydrogen) atoms. The third-order valence-electron chi connectivity index (χ3n) is 7.28. The summed E-state index contributed by atoms with van der Waals surface area (Å²) in [6.07, 6.45) is 3.82. The van der Waals surface area contributed by atoms with Gasteiger partial charge < -0.3 is 26.6 Å². The smallest absolute Gasteiger partial charge is 0.251 e. The summed E-state index contributed by atoms with van der Waals surface area (Å²) in [6, 6.07) is 15.8. The zero-order chi connectivity index (χ0) is 32.9. The van der Waals surface area contributed by atoms with E-state index in [0.29, 0.717) is 13.0 Å². The predicted octanol–water partition coefficient (Wildman–Crippen LogP) is 3.82. The van der Waals surface area contributed by atoms with Crippen molar-refractivity contribution in [2.75, 3.05) is 13.1 Å². The zero-order valence-electron chi connectivity index (χ0n) is 26.4. The second kappa shape index (κ2) is 17.3. The van der Waals surface area contributed by atoms with E-state index >= 15 is 0 Å². The Balaban J connectivity index is 1.71. The summed E-state index contributed by atoms with van der Waals surface area (Å²) in [7, 11) is 0. The highest BCUT2D eigenvalue weighted by Crippen LogP contribution is 2.18. The Morgan fingerprint density at radius 3 is 2.09 bits per heavy atom. The molecular formula is C34H43ClN6O4. The Morgan fingerprint density at radius 1 is 0.822 bits per heavy atom. The first kappa shape index (κ1) is 35.2. The summed E-state index contributed by atoms with van der Waals surface area (Å²) in [5, 5.41) is 15.0. The van der Waals surface area contributed by atoms with Crippen LogP contribution in [0.2, 0.25) is 5.02 Å². The van der Waals surface area contributed by atoms with Crippen molar-refractivity contribution in [3.05, 3.63) is 100 Å². The average Bonchev–Trinajstić information content (AvgIpc) is 3.02. The molecule has 0 aliphatic heterocycles. The minimum Gasteiger partial charge on any atom is -0.355 e. The summed E-state index contributed by atoms with van der Waals surface area (Å²) in [5.41, 5.74) is 2.31. The molecule has 5 N–H and O–H groups in total. The molecular weight excluding hydrogens is 592 g/mol. The maximum absolute atomic E-state index is 13.5. The summed E-state index contributed by atoms with van der Waals surface area (Å²) < 4.78 is 0. The molecule has 3 aromatic rings. The van der Waals surface area contributed by atoms with E-state index in [4.69, 9.17) is 11.6 Å². The van der Waals surface area contributed by atoms with Crippen molar-refractivity contribution >= 4 is 35.2 Å². The van der Waals surface area contributed by atoms with Crippen molar-refractivity contribution in [3.63, 3.8) is 0 Å². The topological polar surface area (TPSA) is 141 Å². The number of nitrogens with zero attached hydrogens (tertiary/aromatic N) is 1. The highest BCUT2D eigenvalue weighted by atomic mass is 35.5.